The van der Waals surface area contributed by atoms with Crippen LogP contribution in [0.15, 0.2) is 41.7 Å². The molecule has 4 rings (SSSR count). The quantitative estimate of drug-likeness (QED) is 0.416. The Morgan fingerprint density at radius 2 is 2.00 bits per heavy atom. The lowest BCUT2D eigenvalue weighted by atomic mass is 10.2. The maximum atomic E-state index is 13.9. The van der Waals surface area contributed by atoms with Crippen LogP contribution in [0, 0.1) is 17.5 Å². The average Bonchev–Trinajstić information content (AvgIpc) is 3.40. The van der Waals surface area contributed by atoms with Crippen molar-refractivity contribution in [3.63, 3.8) is 0 Å². The maximum Gasteiger partial charge on any atom is 0.237 e. The number of amides is 2. The van der Waals surface area contributed by atoms with Crippen LogP contribution in [0.3, 0.4) is 0 Å². The molecule has 2 aromatic heterocycles. The van der Waals surface area contributed by atoms with Crippen molar-refractivity contribution in [2.75, 3.05) is 11.9 Å². The highest BCUT2D eigenvalue weighted by Gasteiger charge is 2.26. The molecule has 0 saturated carbocycles. The molecule has 33 heavy (non-hydrogen) atoms. The third kappa shape index (κ3) is 4.85. The van der Waals surface area contributed by atoms with E-state index in [0.717, 1.165) is 30.3 Å². The SMILES string of the molecule is C[C@H](Sc1nnc(CN2CCCC2=O)n1-c1ccccn1)C(=O)Nc1ccc(F)c(F)c1F. The van der Waals surface area contributed by atoms with E-state index >= 15 is 0 Å². The van der Waals surface area contributed by atoms with Crippen molar-refractivity contribution in [3.8, 4) is 5.82 Å². The highest BCUT2D eigenvalue weighted by Crippen LogP contribution is 2.28. The Bertz CT molecular complexity index is 1190. The maximum absolute atomic E-state index is 13.9. The molecule has 172 valence electrons. The molecule has 3 heterocycles. The zero-order chi connectivity index (χ0) is 23.5. The fourth-order valence-corrected chi connectivity index (χ4v) is 4.18. The van der Waals surface area contributed by atoms with E-state index in [4.69, 9.17) is 0 Å². The predicted molar refractivity (Wildman–Crippen MR) is 114 cm³/mol. The summed E-state index contributed by atoms with van der Waals surface area (Å²) in [5.41, 5.74) is -0.467. The van der Waals surface area contributed by atoms with Crippen molar-refractivity contribution in [1.82, 2.24) is 24.6 Å². The zero-order valence-corrected chi connectivity index (χ0v) is 18.3. The molecule has 1 fully saturated rings. The molecule has 0 radical (unpaired) electrons. The molecule has 1 aliphatic rings. The van der Waals surface area contributed by atoms with Crippen LogP contribution in [0.1, 0.15) is 25.6 Å². The largest absolute Gasteiger partial charge is 0.335 e. The Kier molecular flexibility index (Phi) is 6.63. The second-order valence-electron chi connectivity index (χ2n) is 7.31. The zero-order valence-electron chi connectivity index (χ0n) is 17.5. The summed E-state index contributed by atoms with van der Waals surface area (Å²) in [5, 5.41) is 10.2. The second kappa shape index (κ2) is 9.61. The van der Waals surface area contributed by atoms with Crippen molar-refractivity contribution < 1.29 is 22.8 Å². The number of hydrogen-bond donors (Lipinski definition) is 1. The van der Waals surface area contributed by atoms with E-state index in [1.807, 2.05) is 0 Å². The fourth-order valence-electron chi connectivity index (χ4n) is 3.31. The van der Waals surface area contributed by atoms with Gasteiger partial charge in [0.25, 0.3) is 0 Å². The monoisotopic (exact) mass is 476 g/mol. The number of nitrogens with one attached hydrogen (secondary N) is 1. The van der Waals surface area contributed by atoms with Crippen molar-refractivity contribution >= 4 is 29.3 Å². The van der Waals surface area contributed by atoms with Crippen LogP contribution in [0.4, 0.5) is 18.9 Å². The van der Waals surface area contributed by atoms with Gasteiger partial charge in [0.05, 0.1) is 17.5 Å². The predicted octanol–water partition coefficient (Wildman–Crippen LogP) is 3.32. The van der Waals surface area contributed by atoms with Crippen LogP contribution in [0.5, 0.6) is 0 Å². The summed E-state index contributed by atoms with van der Waals surface area (Å²) in [6.45, 7) is 2.41. The van der Waals surface area contributed by atoms with Gasteiger partial charge in [-0.25, -0.2) is 18.2 Å². The average molecular weight is 476 g/mol. The first kappa shape index (κ1) is 22.8. The normalized spacial score (nSPS) is 14.5. The highest BCUT2D eigenvalue weighted by molar-refractivity contribution is 8.00. The van der Waals surface area contributed by atoms with Crippen LogP contribution >= 0.6 is 11.8 Å². The first-order valence-corrected chi connectivity index (χ1v) is 11.0. The number of halogens is 3. The summed E-state index contributed by atoms with van der Waals surface area (Å²) >= 11 is 1.03. The first-order chi connectivity index (χ1) is 15.8. The van der Waals surface area contributed by atoms with Crippen LogP contribution in [0.25, 0.3) is 5.82 Å². The lowest BCUT2D eigenvalue weighted by molar-refractivity contribution is -0.128. The number of nitrogens with zero attached hydrogens (tertiary/aromatic N) is 5. The number of thioether (sulfide) groups is 1. The van der Waals surface area contributed by atoms with Gasteiger partial charge in [-0.05, 0) is 37.6 Å². The lowest BCUT2D eigenvalue weighted by Crippen LogP contribution is -2.26. The van der Waals surface area contributed by atoms with E-state index in [1.54, 1.807) is 40.8 Å². The van der Waals surface area contributed by atoms with Crippen molar-refractivity contribution in [1.29, 1.82) is 0 Å². The molecule has 8 nitrogen and oxygen atoms in total. The summed E-state index contributed by atoms with van der Waals surface area (Å²) in [5.74, 6) is -4.12. The van der Waals surface area contributed by atoms with Gasteiger partial charge in [0.1, 0.15) is 5.82 Å². The Labute approximate surface area is 191 Å². The van der Waals surface area contributed by atoms with Crippen LogP contribution in [0.2, 0.25) is 0 Å². The number of benzene rings is 1. The van der Waals surface area contributed by atoms with Gasteiger partial charge in [0.15, 0.2) is 28.4 Å². The fraction of sp³-hybridized carbons (Fsp3) is 0.286. The highest BCUT2D eigenvalue weighted by atomic mass is 32.2. The third-order valence-electron chi connectivity index (χ3n) is 5.03. The molecule has 1 N–H and O–H groups in total. The molecule has 3 aromatic rings. The molecule has 0 aliphatic carbocycles. The first-order valence-electron chi connectivity index (χ1n) is 10.1. The Balaban J connectivity index is 1.56. The van der Waals surface area contributed by atoms with Gasteiger partial charge in [-0.3, -0.25) is 14.2 Å². The van der Waals surface area contributed by atoms with Crippen LogP contribution in [-0.4, -0.2) is 48.3 Å². The molecule has 1 atom stereocenters. The van der Waals surface area contributed by atoms with Gasteiger partial charge in [-0.15, -0.1) is 10.2 Å². The van der Waals surface area contributed by atoms with Gasteiger partial charge >= 0.3 is 0 Å². The summed E-state index contributed by atoms with van der Waals surface area (Å²) in [7, 11) is 0. The molecule has 12 heteroatoms. The number of rotatable bonds is 7. The minimum atomic E-state index is -1.66. The molecule has 1 saturated heterocycles. The number of hydrogen-bond acceptors (Lipinski definition) is 6. The summed E-state index contributed by atoms with van der Waals surface area (Å²) in [6, 6.07) is 6.95. The number of aromatic nitrogens is 4. The van der Waals surface area contributed by atoms with E-state index in [-0.39, 0.29) is 12.5 Å². The van der Waals surface area contributed by atoms with E-state index < -0.39 is 34.3 Å². The summed E-state index contributed by atoms with van der Waals surface area (Å²) in [4.78, 5) is 30.7. The van der Waals surface area contributed by atoms with Gasteiger partial charge in [-0.1, -0.05) is 17.8 Å². The molecule has 0 unspecified atom stereocenters. The van der Waals surface area contributed by atoms with Crippen molar-refractivity contribution in [2.45, 2.75) is 36.7 Å². The molecular formula is C21H19F3N6O2S. The van der Waals surface area contributed by atoms with E-state index in [2.05, 4.69) is 20.5 Å². The van der Waals surface area contributed by atoms with Crippen LogP contribution in [-0.2, 0) is 16.1 Å². The molecule has 0 spiro atoms. The summed E-state index contributed by atoms with van der Waals surface area (Å²) < 4.78 is 42.2. The van der Waals surface area contributed by atoms with Gasteiger partial charge in [0.2, 0.25) is 11.8 Å². The third-order valence-corrected chi connectivity index (χ3v) is 6.07. The number of pyridine rings is 1. The number of carbonyl (C=O) groups excluding carboxylic acids is 2. The Hall–Kier alpha value is -3.41. The van der Waals surface area contributed by atoms with Gasteiger partial charge in [-0.2, -0.15) is 0 Å². The minimum absolute atomic E-state index is 0.0288. The minimum Gasteiger partial charge on any atom is -0.335 e. The van der Waals surface area contributed by atoms with E-state index in [0.29, 0.717) is 29.8 Å². The van der Waals surface area contributed by atoms with E-state index in [9.17, 15) is 22.8 Å². The summed E-state index contributed by atoms with van der Waals surface area (Å²) in [6.07, 6.45) is 2.85. The van der Waals surface area contributed by atoms with Gasteiger partial charge in [0, 0.05) is 19.2 Å². The molecule has 0 bridgehead atoms. The smallest absolute Gasteiger partial charge is 0.237 e. The Morgan fingerprint density at radius 3 is 2.70 bits per heavy atom. The molecule has 2 amide bonds. The van der Waals surface area contributed by atoms with E-state index in [1.165, 1.54) is 0 Å². The second-order valence-corrected chi connectivity index (χ2v) is 8.62. The molecule has 1 aliphatic heterocycles. The molecular weight excluding hydrogens is 457 g/mol. The number of likely N-dealkylation sites (tertiary alicyclic amines) is 1. The van der Waals surface area contributed by atoms with Gasteiger partial charge < -0.3 is 10.2 Å². The van der Waals surface area contributed by atoms with Crippen molar-refractivity contribution in [3.05, 3.63) is 59.8 Å². The topological polar surface area (TPSA) is 93.0 Å². The number of carbonyl (C=O) groups is 2. The van der Waals surface area contributed by atoms with Crippen molar-refractivity contribution in [2.24, 2.45) is 0 Å². The van der Waals surface area contributed by atoms with Crippen LogP contribution < -0.4 is 5.32 Å². The molecule has 1 aromatic carbocycles. The Morgan fingerprint density at radius 1 is 1.18 bits per heavy atom. The standard InChI is InChI=1S/C21H19F3N6O2S/c1-12(20(32)26-14-8-7-13(22)18(23)19(14)24)33-21-28-27-16(11-29-10-4-6-17(29)31)30(21)15-5-2-3-9-25-15/h2-3,5,7-9,12H,4,6,10-11H2,1H3,(H,26,32)/t12-/m0/s1. The number of anilines is 1. The lowest BCUT2D eigenvalue weighted by Gasteiger charge is -2.17.